The summed E-state index contributed by atoms with van der Waals surface area (Å²) in [7, 11) is -3.31. The highest BCUT2D eigenvalue weighted by molar-refractivity contribution is 7.90. The molecule has 0 amide bonds. The fraction of sp³-hybridized carbons (Fsp3) is 0.200. The monoisotopic (exact) mass is 384 g/mol. The van der Waals surface area contributed by atoms with Gasteiger partial charge in [0.2, 0.25) is 0 Å². The molecule has 0 unspecified atom stereocenters. The van der Waals surface area contributed by atoms with E-state index in [2.05, 4.69) is 5.10 Å². The van der Waals surface area contributed by atoms with Crippen molar-refractivity contribution < 1.29 is 18.3 Å². The standard InChI is InChI=1S/C20H20N2O4S/c1-4-22-19(20(23)24)17(14-7-5-13(2)6-8-14)18(21-22)15-9-11-16(12-10-15)27(3,25)26/h5-12H,4H2,1-3H3,(H,23,24). The van der Waals surface area contributed by atoms with Crippen LogP contribution < -0.4 is 0 Å². The Hall–Kier alpha value is -2.93. The second-order valence-electron chi connectivity index (χ2n) is 6.36. The lowest BCUT2D eigenvalue weighted by atomic mass is 9.98. The number of carboxylic acids is 1. The van der Waals surface area contributed by atoms with E-state index in [-0.39, 0.29) is 10.6 Å². The molecule has 3 rings (SSSR count). The lowest BCUT2D eigenvalue weighted by molar-refractivity contribution is 0.0684. The second-order valence-corrected chi connectivity index (χ2v) is 8.37. The molecule has 7 heteroatoms. The SMILES string of the molecule is CCn1nc(-c2ccc(S(C)(=O)=O)cc2)c(-c2ccc(C)cc2)c1C(=O)O. The number of benzene rings is 2. The van der Waals surface area contributed by atoms with Crippen LogP contribution >= 0.6 is 0 Å². The summed E-state index contributed by atoms with van der Waals surface area (Å²) in [5.41, 5.74) is 3.63. The normalized spacial score (nSPS) is 11.5. The molecule has 3 aromatic rings. The summed E-state index contributed by atoms with van der Waals surface area (Å²) in [6.45, 7) is 4.19. The fourth-order valence-electron chi connectivity index (χ4n) is 2.96. The summed E-state index contributed by atoms with van der Waals surface area (Å²) in [6, 6.07) is 13.9. The Morgan fingerprint density at radius 1 is 1.04 bits per heavy atom. The van der Waals surface area contributed by atoms with E-state index in [1.165, 1.54) is 16.8 Å². The molecule has 27 heavy (non-hydrogen) atoms. The lowest BCUT2D eigenvalue weighted by Crippen LogP contribution is -2.09. The largest absolute Gasteiger partial charge is 0.477 e. The van der Waals surface area contributed by atoms with E-state index in [1.54, 1.807) is 12.1 Å². The predicted octanol–water partition coefficient (Wildman–Crippen LogP) is 3.65. The highest BCUT2D eigenvalue weighted by Crippen LogP contribution is 2.35. The number of hydrogen-bond donors (Lipinski definition) is 1. The van der Waals surface area contributed by atoms with Crippen LogP contribution in [0.3, 0.4) is 0 Å². The van der Waals surface area contributed by atoms with Gasteiger partial charge in [-0.05, 0) is 31.5 Å². The minimum atomic E-state index is -3.31. The molecule has 2 aromatic carbocycles. The van der Waals surface area contributed by atoms with Crippen molar-refractivity contribution in [2.24, 2.45) is 0 Å². The Morgan fingerprint density at radius 3 is 2.07 bits per heavy atom. The summed E-state index contributed by atoms with van der Waals surface area (Å²) >= 11 is 0. The average molecular weight is 384 g/mol. The van der Waals surface area contributed by atoms with Crippen LogP contribution in [-0.2, 0) is 16.4 Å². The maximum atomic E-state index is 11.9. The molecule has 0 fully saturated rings. The highest BCUT2D eigenvalue weighted by Gasteiger charge is 2.25. The number of aromatic nitrogens is 2. The van der Waals surface area contributed by atoms with Gasteiger partial charge in [-0.3, -0.25) is 4.68 Å². The first kappa shape index (κ1) is 18.8. The zero-order valence-corrected chi connectivity index (χ0v) is 16.1. The zero-order valence-electron chi connectivity index (χ0n) is 15.3. The summed E-state index contributed by atoms with van der Waals surface area (Å²) in [5, 5.41) is 14.3. The number of carbonyl (C=O) groups is 1. The lowest BCUT2D eigenvalue weighted by Gasteiger charge is -2.07. The van der Waals surface area contributed by atoms with Gasteiger partial charge >= 0.3 is 5.97 Å². The van der Waals surface area contributed by atoms with Gasteiger partial charge in [0.15, 0.2) is 15.5 Å². The zero-order chi connectivity index (χ0) is 19.8. The van der Waals surface area contributed by atoms with E-state index in [0.717, 1.165) is 17.4 Å². The third-order valence-electron chi connectivity index (χ3n) is 4.35. The molecule has 0 spiro atoms. The summed E-state index contributed by atoms with van der Waals surface area (Å²) in [4.78, 5) is 12.1. The van der Waals surface area contributed by atoms with Crippen LogP contribution in [0.1, 0.15) is 23.0 Å². The van der Waals surface area contributed by atoms with Crippen molar-refractivity contribution >= 4 is 15.8 Å². The molecule has 0 radical (unpaired) electrons. The van der Waals surface area contributed by atoms with Crippen molar-refractivity contribution in [3.63, 3.8) is 0 Å². The number of sulfone groups is 1. The van der Waals surface area contributed by atoms with Gasteiger partial charge in [0.1, 0.15) is 5.69 Å². The molecule has 0 aliphatic heterocycles. The summed E-state index contributed by atoms with van der Waals surface area (Å²) < 4.78 is 24.9. The van der Waals surface area contributed by atoms with Crippen molar-refractivity contribution in [1.29, 1.82) is 0 Å². The average Bonchev–Trinajstić information content (AvgIpc) is 3.01. The van der Waals surface area contributed by atoms with E-state index < -0.39 is 15.8 Å². The van der Waals surface area contributed by atoms with E-state index in [4.69, 9.17) is 0 Å². The van der Waals surface area contributed by atoms with Gasteiger partial charge in [-0.2, -0.15) is 5.10 Å². The van der Waals surface area contributed by atoms with Gasteiger partial charge in [-0.1, -0.05) is 42.0 Å². The third-order valence-corrected chi connectivity index (χ3v) is 5.48. The quantitative estimate of drug-likeness (QED) is 0.725. The van der Waals surface area contributed by atoms with Crippen molar-refractivity contribution in [3.8, 4) is 22.4 Å². The Kier molecular flexibility index (Phi) is 4.89. The minimum absolute atomic E-state index is 0.114. The van der Waals surface area contributed by atoms with Gasteiger partial charge < -0.3 is 5.11 Å². The Morgan fingerprint density at radius 2 is 1.59 bits per heavy atom. The van der Waals surface area contributed by atoms with Crippen LogP contribution in [0.15, 0.2) is 53.4 Å². The molecule has 1 aromatic heterocycles. The van der Waals surface area contributed by atoms with Gasteiger partial charge in [0.05, 0.1) is 4.90 Å². The molecular weight excluding hydrogens is 364 g/mol. The highest BCUT2D eigenvalue weighted by atomic mass is 32.2. The number of carboxylic acid groups (broad SMARTS) is 1. The van der Waals surface area contributed by atoms with Crippen LogP contribution in [0.5, 0.6) is 0 Å². The van der Waals surface area contributed by atoms with Crippen LogP contribution in [0.2, 0.25) is 0 Å². The molecule has 1 N–H and O–H groups in total. The Bertz CT molecular complexity index is 1100. The van der Waals surface area contributed by atoms with Crippen LogP contribution in [-0.4, -0.2) is 35.5 Å². The van der Waals surface area contributed by atoms with Crippen molar-refractivity contribution in [2.75, 3.05) is 6.26 Å². The first-order chi connectivity index (χ1) is 12.7. The molecule has 0 saturated heterocycles. The van der Waals surface area contributed by atoms with Gasteiger partial charge in [-0.15, -0.1) is 0 Å². The minimum Gasteiger partial charge on any atom is -0.477 e. The molecule has 0 aliphatic rings. The molecule has 1 heterocycles. The van der Waals surface area contributed by atoms with E-state index in [1.807, 2.05) is 38.1 Å². The van der Waals surface area contributed by atoms with Crippen LogP contribution in [0.4, 0.5) is 0 Å². The molecule has 0 saturated carbocycles. The maximum absolute atomic E-state index is 11.9. The number of aromatic carboxylic acids is 1. The first-order valence-corrected chi connectivity index (χ1v) is 10.3. The molecule has 140 valence electrons. The topological polar surface area (TPSA) is 89.3 Å². The van der Waals surface area contributed by atoms with Gasteiger partial charge in [0.25, 0.3) is 0 Å². The second kappa shape index (κ2) is 7.00. The van der Waals surface area contributed by atoms with Crippen molar-refractivity contribution in [1.82, 2.24) is 9.78 Å². The number of rotatable bonds is 5. The first-order valence-electron chi connectivity index (χ1n) is 8.44. The number of nitrogens with zero attached hydrogens (tertiary/aromatic N) is 2. The Balaban J connectivity index is 2.26. The predicted molar refractivity (Wildman–Crippen MR) is 104 cm³/mol. The summed E-state index contributed by atoms with van der Waals surface area (Å²) in [6.07, 6.45) is 1.15. The maximum Gasteiger partial charge on any atom is 0.354 e. The number of hydrogen-bond acceptors (Lipinski definition) is 4. The van der Waals surface area contributed by atoms with E-state index in [0.29, 0.717) is 23.4 Å². The Labute approximate surface area is 158 Å². The molecule has 0 bridgehead atoms. The summed E-state index contributed by atoms with van der Waals surface area (Å²) in [5.74, 6) is -1.06. The van der Waals surface area contributed by atoms with Crippen LogP contribution in [0.25, 0.3) is 22.4 Å². The molecule has 0 aliphatic carbocycles. The van der Waals surface area contributed by atoms with Gasteiger partial charge in [-0.25, -0.2) is 13.2 Å². The van der Waals surface area contributed by atoms with E-state index >= 15 is 0 Å². The smallest absolute Gasteiger partial charge is 0.354 e. The number of aryl methyl sites for hydroxylation is 2. The fourth-order valence-corrected chi connectivity index (χ4v) is 3.59. The molecule has 0 atom stereocenters. The van der Waals surface area contributed by atoms with Gasteiger partial charge in [0, 0.05) is 23.9 Å². The van der Waals surface area contributed by atoms with Crippen molar-refractivity contribution in [3.05, 3.63) is 59.8 Å². The molecule has 6 nitrogen and oxygen atoms in total. The van der Waals surface area contributed by atoms with Crippen molar-refractivity contribution in [2.45, 2.75) is 25.3 Å². The molecular formula is C20H20N2O4S. The third kappa shape index (κ3) is 3.64. The van der Waals surface area contributed by atoms with Crippen LogP contribution in [0, 0.1) is 6.92 Å². The van der Waals surface area contributed by atoms with E-state index in [9.17, 15) is 18.3 Å².